The fourth-order valence-electron chi connectivity index (χ4n) is 4.91. The number of carbonyl (C=O) groups excluding carboxylic acids is 1. The van der Waals surface area contributed by atoms with Crippen LogP contribution < -0.4 is 19.9 Å². The number of rotatable bonds is 5. The summed E-state index contributed by atoms with van der Waals surface area (Å²) in [6.07, 6.45) is 4.30. The van der Waals surface area contributed by atoms with Crippen molar-refractivity contribution in [2.24, 2.45) is 5.92 Å². The van der Waals surface area contributed by atoms with E-state index in [2.05, 4.69) is 56.5 Å². The molecular formula is C26H28N4O2. The smallest absolute Gasteiger partial charge is 0.225 e. The van der Waals surface area contributed by atoms with Crippen LogP contribution in [0, 0.1) is 5.92 Å². The lowest BCUT2D eigenvalue weighted by atomic mass is 9.83. The molecule has 6 heteroatoms. The van der Waals surface area contributed by atoms with Crippen molar-refractivity contribution in [3.8, 4) is 5.75 Å². The van der Waals surface area contributed by atoms with Crippen molar-refractivity contribution in [3.63, 3.8) is 0 Å². The lowest BCUT2D eigenvalue weighted by molar-refractivity contribution is -0.126. The Hall–Kier alpha value is -3.54. The number of carbonyl (C=O) groups is 1. The highest BCUT2D eigenvalue weighted by atomic mass is 16.5. The zero-order valence-electron chi connectivity index (χ0n) is 18.3. The number of benzene rings is 2. The molecule has 0 saturated carbocycles. The number of piperazine rings is 1. The predicted molar refractivity (Wildman–Crippen MR) is 126 cm³/mol. The minimum absolute atomic E-state index is 0.106. The van der Waals surface area contributed by atoms with E-state index in [-0.39, 0.29) is 17.9 Å². The molecule has 0 unspecified atom stereocenters. The van der Waals surface area contributed by atoms with Crippen LogP contribution in [0.25, 0.3) is 0 Å². The number of anilines is 2. The molecule has 0 radical (unpaired) electrons. The number of pyridine rings is 1. The number of hydrogen-bond acceptors (Lipinski definition) is 5. The van der Waals surface area contributed by atoms with E-state index < -0.39 is 0 Å². The first kappa shape index (κ1) is 20.4. The molecular weight excluding hydrogens is 400 g/mol. The zero-order chi connectivity index (χ0) is 21.9. The largest absolute Gasteiger partial charge is 0.497 e. The molecule has 1 aromatic heterocycles. The third-order valence-electron chi connectivity index (χ3n) is 6.59. The quantitative estimate of drug-likeness (QED) is 0.676. The maximum atomic E-state index is 13.4. The molecule has 0 spiro atoms. The molecule has 0 aliphatic carbocycles. The number of methoxy groups -OCH3 is 1. The summed E-state index contributed by atoms with van der Waals surface area (Å²) in [5, 5.41) is 3.16. The second kappa shape index (κ2) is 8.91. The minimum Gasteiger partial charge on any atom is -0.497 e. The van der Waals surface area contributed by atoms with Gasteiger partial charge in [-0.25, -0.2) is 0 Å². The number of amides is 1. The summed E-state index contributed by atoms with van der Waals surface area (Å²) in [6, 6.07) is 20.7. The third kappa shape index (κ3) is 4.00. The second-order valence-electron chi connectivity index (χ2n) is 8.42. The first-order valence-corrected chi connectivity index (χ1v) is 11.1. The van der Waals surface area contributed by atoms with E-state index in [0.29, 0.717) is 6.54 Å². The molecule has 1 fully saturated rings. The Balaban J connectivity index is 1.38. The van der Waals surface area contributed by atoms with Crippen LogP contribution in [-0.2, 0) is 17.8 Å². The van der Waals surface area contributed by atoms with E-state index in [4.69, 9.17) is 4.74 Å². The Morgan fingerprint density at radius 2 is 1.94 bits per heavy atom. The molecule has 3 aromatic rings. The first-order chi connectivity index (χ1) is 15.7. The molecule has 1 amide bonds. The third-order valence-corrected chi connectivity index (χ3v) is 6.59. The molecule has 2 aliphatic heterocycles. The number of nitrogens with zero attached hydrogens (tertiary/aromatic N) is 3. The fourth-order valence-corrected chi connectivity index (χ4v) is 4.91. The predicted octanol–water partition coefficient (Wildman–Crippen LogP) is 3.27. The normalized spacial score (nSPS) is 19.7. The number of ether oxygens (including phenoxy) is 1. The van der Waals surface area contributed by atoms with Gasteiger partial charge in [-0.15, -0.1) is 0 Å². The summed E-state index contributed by atoms with van der Waals surface area (Å²) < 4.78 is 5.31. The maximum Gasteiger partial charge on any atom is 0.225 e. The van der Waals surface area contributed by atoms with Gasteiger partial charge in [0.1, 0.15) is 5.75 Å². The first-order valence-electron chi connectivity index (χ1n) is 11.1. The van der Waals surface area contributed by atoms with Crippen LogP contribution in [0.15, 0.2) is 73.1 Å². The highest BCUT2D eigenvalue weighted by molar-refractivity contribution is 5.82. The lowest BCUT2D eigenvalue weighted by Crippen LogP contribution is -2.61. The molecule has 2 aliphatic rings. The summed E-state index contributed by atoms with van der Waals surface area (Å²) in [5.74, 6) is 0.851. The van der Waals surface area contributed by atoms with Gasteiger partial charge in [0.2, 0.25) is 5.91 Å². The zero-order valence-corrected chi connectivity index (χ0v) is 18.3. The van der Waals surface area contributed by atoms with Crippen molar-refractivity contribution in [1.29, 1.82) is 0 Å². The topological polar surface area (TPSA) is 57.7 Å². The van der Waals surface area contributed by atoms with Crippen LogP contribution in [0.1, 0.15) is 11.1 Å². The molecule has 3 heterocycles. The van der Waals surface area contributed by atoms with Gasteiger partial charge in [0.05, 0.1) is 19.1 Å². The molecule has 1 saturated heterocycles. The van der Waals surface area contributed by atoms with E-state index in [9.17, 15) is 4.79 Å². The minimum atomic E-state index is -0.109. The average molecular weight is 429 g/mol. The van der Waals surface area contributed by atoms with Crippen LogP contribution in [-0.4, -0.2) is 43.7 Å². The van der Waals surface area contributed by atoms with Gasteiger partial charge in [-0.1, -0.05) is 24.3 Å². The number of hydrogen-bond donors (Lipinski definition) is 1. The summed E-state index contributed by atoms with van der Waals surface area (Å²) >= 11 is 0. The second-order valence-corrected chi connectivity index (χ2v) is 8.42. The van der Waals surface area contributed by atoms with E-state index in [0.717, 1.165) is 37.4 Å². The Kier molecular flexibility index (Phi) is 5.67. The SMILES string of the molecule is COc1ccc(N2CCN3c4ccccc4C[C@@H](C(=O)NCc4cccnc4)[C@H]3C2)cc1. The Morgan fingerprint density at radius 1 is 1.09 bits per heavy atom. The van der Waals surface area contributed by atoms with Gasteiger partial charge >= 0.3 is 0 Å². The number of fused-ring (bicyclic) bond motifs is 3. The molecule has 6 nitrogen and oxygen atoms in total. The van der Waals surface area contributed by atoms with Gasteiger partial charge < -0.3 is 19.9 Å². The van der Waals surface area contributed by atoms with Gasteiger partial charge in [0.15, 0.2) is 0 Å². The molecule has 5 rings (SSSR count). The highest BCUT2D eigenvalue weighted by Crippen LogP contribution is 2.37. The highest BCUT2D eigenvalue weighted by Gasteiger charge is 2.41. The Labute approximate surface area is 188 Å². The van der Waals surface area contributed by atoms with Crippen LogP contribution in [0.2, 0.25) is 0 Å². The monoisotopic (exact) mass is 428 g/mol. The Morgan fingerprint density at radius 3 is 2.72 bits per heavy atom. The van der Waals surface area contributed by atoms with Crippen molar-refractivity contribution < 1.29 is 9.53 Å². The van der Waals surface area contributed by atoms with Crippen LogP contribution in [0.5, 0.6) is 5.75 Å². The average Bonchev–Trinajstić information content (AvgIpc) is 2.87. The summed E-state index contributed by atoms with van der Waals surface area (Å²) in [4.78, 5) is 22.3. The van der Waals surface area contributed by atoms with Crippen molar-refractivity contribution in [3.05, 3.63) is 84.2 Å². The summed E-state index contributed by atoms with van der Waals surface area (Å²) in [7, 11) is 1.68. The fraction of sp³-hybridized carbons (Fsp3) is 0.308. The van der Waals surface area contributed by atoms with E-state index in [1.54, 1.807) is 19.5 Å². The standard InChI is InChI=1S/C26H28N4O2/c1-32-22-10-8-21(9-11-22)29-13-14-30-24-7-3-2-6-20(24)15-23(25(30)18-29)26(31)28-17-19-5-4-12-27-16-19/h2-12,16,23,25H,13-15,17-18H2,1H3,(H,28,31)/t23-,25-/m1/s1. The summed E-state index contributed by atoms with van der Waals surface area (Å²) in [6.45, 7) is 3.12. The van der Waals surface area contributed by atoms with Crippen molar-refractivity contribution >= 4 is 17.3 Å². The Bertz CT molecular complexity index is 1070. The van der Waals surface area contributed by atoms with Crippen LogP contribution in [0.4, 0.5) is 11.4 Å². The van der Waals surface area contributed by atoms with Gasteiger partial charge in [-0.2, -0.15) is 0 Å². The van der Waals surface area contributed by atoms with Gasteiger partial charge in [-0.05, 0) is 53.9 Å². The van der Waals surface area contributed by atoms with Crippen molar-refractivity contribution in [2.45, 2.75) is 19.0 Å². The van der Waals surface area contributed by atoms with E-state index in [1.807, 2.05) is 24.3 Å². The molecule has 1 N–H and O–H groups in total. The molecule has 164 valence electrons. The van der Waals surface area contributed by atoms with Gasteiger partial charge in [0.25, 0.3) is 0 Å². The van der Waals surface area contributed by atoms with Gasteiger partial charge in [-0.3, -0.25) is 9.78 Å². The summed E-state index contributed by atoms with van der Waals surface area (Å²) in [5.41, 5.74) is 4.70. The van der Waals surface area contributed by atoms with E-state index in [1.165, 1.54) is 16.9 Å². The van der Waals surface area contributed by atoms with E-state index >= 15 is 0 Å². The van der Waals surface area contributed by atoms with Crippen LogP contribution in [0.3, 0.4) is 0 Å². The molecule has 32 heavy (non-hydrogen) atoms. The lowest BCUT2D eigenvalue weighted by Gasteiger charge is -2.49. The van der Waals surface area contributed by atoms with Crippen molar-refractivity contribution in [2.75, 3.05) is 36.5 Å². The molecule has 2 atom stereocenters. The molecule has 0 bridgehead atoms. The number of para-hydroxylation sites is 1. The van der Waals surface area contributed by atoms with Crippen molar-refractivity contribution in [1.82, 2.24) is 10.3 Å². The molecule has 2 aromatic carbocycles. The number of nitrogens with one attached hydrogen (secondary N) is 1. The van der Waals surface area contributed by atoms with Gasteiger partial charge in [0, 0.05) is 49.9 Å². The number of aromatic nitrogens is 1. The maximum absolute atomic E-state index is 13.4. The van der Waals surface area contributed by atoms with Crippen LogP contribution >= 0.6 is 0 Å².